The first-order valence-corrected chi connectivity index (χ1v) is 10.3. The molecule has 2 heterocycles. The van der Waals surface area contributed by atoms with Crippen molar-refractivity contribution in [2.45, 2.75) is 12.8 Å². The molecule has 9 heteroatoms. The highest BCUT2D eigenvalue weighted by molar-refractivity contribution is 14.0. The zero-order chi connectivity index (χ0) is 21.2. The Bertz CT molecular complexity index is 843. The van der Waals surface area contributed by atoms with Crippen molar-refractivity contribution in [3.63, 3.8) is 0 Å². The molecule has 2 aromatic rings. The molecule has 0 bridgehead atoms. The molecule has 1 amide bonds. The number of nitrogens with zero attached hydrogens (tertiary/aromatic N) is 4. The number of nitrogens with one attached hydrogen (secondary N) is 2. The third-order valence-electron chi connectivity index (χ3n) is 5.11. The quantitative estimate of drug-likeness (QED) is 0.321. The van der Waals surface area contributed by atoms with Crippen LogP contribution in [0.3, 0.4) is 0 Å². The molecule has 0 spiro atoms. The molecule has 31 heavy (non-hydrogen) atoms. The third kappa shape index (κ3) is 7.64. The van der Waals surface area contributed by atoms with Gasteiger partial charge in [0.2, 0.25) is 5.91 Å². The zero-order valence-corrected chi connectivity index (χ0v) is 20.1. The van der Waals surface area contributed by atoms with Gasteiger partial charge in [-0.05, 0) is 30.2 Å². The molecule has 0 aliphatic carbocycles. The van der Waals surface area contributed by atoms with Gasteiger partial charge in [0, 0.05) is 58.9 Å². The number of hydrogen-bond acceptors (Lipinski definition) is 4. The van der Waals surface area contributed by atoms with Crippen LogP contribution in [0, 0.1) is 5.82 Å². The molecular weight excluding hydrogens is 510 g/mol. The second-order valence-corrected chi connectivity index (χ2v) is 7.07. The Morgan fingerprint density at radius 1 is 1.06 bits per heavy atom. The average Bonchev–Trinajstić information content (AvgIpc) is 2.80. The highest BCUT2D eigenvalue weighted by Gasteiger charge is 2.21. The van der Waals surface area contributed by atoms with Crippen LogP contribution in [0.15, 0.2) is 53.7 Å². The lowest BCUT2D eigenvalue weighted by atomic mass is 10.1. The Kier molecular flexibility index (Phi) is 10.5. The second kappa shape index (κ2) is 13.1. The Morgan fingerprint density at radius 3 is 2.45 bits per heavy atom. The molecule has 0 atom stereocenters. The van der Waals surface area contributed by atoms with Crippen molar-refractivity contribution in [2.24, 2.45) is 4.99 Å². The Morgan fingerprint density at radius 2 is 1.77 bits per heavy atom. The topological polar surface area (TPSA) is 72.9 Å². The van der Waals surface area contributed by atoms with Gasteiger partial charge in [-0.3, -0.25) is 9.79 Å². The Hall–Kier alpha value is -2.43. The van der Waals surface area contributed by atoms with Crippen molar-refractivity contribution in [2.75, 3.05) is 51.2 Å². The van der Waals surface area contributed by atoms with Gasteiger partial charge in [-0.15, -0.1) is 24.0 Å². The number of piperazine rings is 1. The van der Waals surface area contributed by atoms with E-state index in [-0.39, 0.29) is 35.7 Å². The smallest absolute Gasteiger partial charge is 0.224 e. The number of carbonyl (C=O) groups excluding carboxylic acids is 1. The second-order valence-electron chi connectivity index (χ2n) is 7.07. The normalized spacial score (nSPS) is 14.1. The molecule has 168 valence electrons. The molecule has 0 unspecified atom stereocenters. The summed E-state index contributed by atoms with van der Waals surface area (Å²) in [5.74, 6) is 1.50. The number of hydrogen-bond donors (Lipinski definition) is 2. The summed E-state index contributed by atoms with van der Waals surface area (Å²) < 4.78 is 13.7. The van der Waals surface area contributed by atoms with Crippen molar-refractivity contribution in [1.29, 1.82) is 0 Å². The van der Waals surface area contributed by atoms with E-state index >= 15 is 0 Å². The summed E-state index contributed by atoms with van der Waals surface area (Å²) in [4.78, 5) is 25.1. The van der Waals surface area contributed by atoms with Gasteiger partial charge in [-0.1, -0.05) is 24.3 Å². The van der Waals surface area contributed by atoms with Gasteiger partial charge >= 0.3 is 0 Å². The number of anilines is 1. The van der Waals surface area contributed by atoms with Crippen LogP contribution in [-0.2, 0) is 11.2 Å². The number of pyridine rings is 1. The summed E-state index contributed by atoms with van der Waals surface area (Å²) in [5, 5.41) is 6.31. The molecule has 7 nitrogen and oxygen atoms in total. The van der Waals surface area contributed by atoms with E-state index in [9.17, 15) is 9.18 Å². The van der Waals surface area contributed by atoms with Crippen molar-refractivity contribution < 1.29 is 9.18 Å². The van der Waals surface area contributed by atoms with E-state index in [4.69, 9.17) is 0 Å². The van der Waals surface area contributed by atoms with Crippen LogP contribution in [0.5, 0.6) is 0 Å². The summed E-state index contributed by atoms with van der Waals surface area (Å²) in [5.41, 5.74) is 0.667. The monoisotopic (exact) mass is 540 g/mol. The number of amides is 1. The maximum atomic E-state index is 13.7. The molecule has 1 saturated heterocycles. The fourth-order valence-electron chi connectivity index (χ4n) is 3.41. The van der Waals surface area contributed by atoms with Gasteiger partial charge in [0.15, 0.2) is 5.96 Å². The van der Waals surface area contributed by atoms with E-state index in [0.29, 0.717) is 50.5 Å². The van der Waals surface area contributed by atoms with Gasteiger partial charge in [0.05, 0.1) is 0 Å². The van der Waals surface area contributed by atoms with Gasteiger partial charge in [-0.25, -0.2) is 9.37 Å². The van der Waals surface area contributed by atoms with Gasteiger partial charge in [-0.2, -0.15) is 0 Å². The van der Waals surface area contributed by atoms with E-state index in [1.54, 1.807) is 25.4 Å². The van der Waals surface area contributed by atoms with E-state index < -0.39 is 0 Å². The number of rotatable bonds is 7. The number of guanidine groups is 1. The maximum absolute atomic E-state index is 13.7. The first kappa shape index (κ1) is 24.8. The lowest BCUT2D eigenvalue weighted by Gasteiger charge is -2.35. The zero-order valence-electron chi connectivity index (χ0n) is 17.8. The molecule has 0 saturated carbocycles. The molecular formula is C22H30FIN6O. The fourth-order valence-corrected chi connectivity index (χ4v) is 3.41. The number of carbonyl (C=O) groups is 1. The fraction of sp³-hybridized carbons (Fsp3) is 0.409. The predicted molar refractivity (Wildman–Crippen MR) is 133 cm³/mol. The summed E-state index contributed by atoms with van der Waals surface area (Å²) in [6.45, 7) is 4.03. The van der Waals surface area contributed by atoms with Crippen molar-refractivity contribution in [1.82, 2.24) is 20.5 Å². The molecule has 1 aliphatic rings. The summed E-state index contributed by atoms with van der Waals surface area (Å²) in [6, 6.07) is 12.6. The van der Waals surface area contributed by atoms with Crippen LogP contribution in [0.1, 0.15) is 12.0 Å². The van der Waals surface area contributed by atoms with Crippen LogP contribution >= 0.6 is 24.0 Å². The number of aliphatic imine (C=N–C) groups is 1. The SMILES string of the molecule is CN=C(NCCC(=O)N1CCN(c2ccccn2)CC1)NCCc1ccccc1F.I. The highest BCUT2D eigenvalue weighted by Crippen LogP contribution is 2.13. The highest BCUT2D eigenvalue weighted by atomic mass is 127. The molecule has 0 radical (unpaired) electrons. The minimum absolute atomic E-state index is 0. The van der Waals surface area contributed by atoms with E-state index in [1.165, 1.54) is 6.07 Å². The summed E-state index contributed by atoms with van der Waals surface area (Å²) in [6.07, 6.45) is 2.75. The minimum atomic E-state index is -0.198. The van der Waals surface area contributed by atoms with E-state index in [1.807, 2.05) is 29.2 Å². The Balaban J connectivity index is 0.00000341. The van der Waals surface area contributed by atoms with Crippen LogP contribution in [-0.4, -0.2) is 68.1 Å². The predicted octanol–water partition coefficient (Wildman–Crippen LogP) is 2.29. The summed E-state index contributed by atoms with van der Waals surface area (Å²) >= 11 is 0. The van der Waals surface area contributed by atoms with Gasteiger partial charge < -0.3 is 20.4 Å². The van der Waals surface area contributed by atoms with Crippen molar-refractivity contribution in [3.8, 4) is 0 Å². The van der Waals surface area contributed by atoms with Crippen LogP contribution in [0.4, 0.5) is 10.2 Å². The maximum Gasteiger partial charge on any atom is 0.224 e. The average molecular weight is 540 g/mol. The number of halogens is 2. The van der Waals surface area contributed by atoms with Crippen molar-refractivity contribution in [3.05, 3.63) is 60.0 Å². The lowest BCUT2D eigenvalue weighted by molar-refractivity contribution is -0.131. The number of benzene rings is 1. The van der Waals surface area contributed by atoms with Gasteiger partial charge in [0.25, 0.3) is 0 Å². The third-order valence-corrected chi connectivity index (χ3v) is 5.11. The van der Waals surface area contributed by atoms with Crippen LogP contribution in [0.25, 0.3) is 0 Å². The molecule has 1 aromatic carbocycles. The first-order valence-electron chi connectivity index (χ1n) is 10.3. The van der Waals surface area contributed by atoms with Gasteiger partial charge in [0.1, 0.15) is 11.6 Å². The number of aromatic nitrogens is 1. The largest absolute Gasteiger partial charge is 0.356 e. The lowest BCUT2D eigenvalue weighted by Crippen LogP contribution is -2.49. The molecule has 1 fully saturated rings. The first-order chi connectivity index (χ1) is 14.7. The molecule has 3 rings (SSSR count). The van der Waals surface area contributed by atoms with Crippen molar-refractivity contribution >= 4 is 41.7 Å². The molecule has 2 N–H and O–H groups in total. The van der Waals surface area contributed by atoms with E-state index in [2.05, 4.69) is 25.5 Å². The molecule has 1 aliphatic heterocycles. The minimum Gasteiger partial charge on any atom is -0.356 e. The van der Waals surface area contributed by atoms with Crippen LogP contribution in [0.2, 0.25) is 0 Å². The Labute approximate surface area is 200 Å². The van der Waals surface area contributed by atoms with E-state index in [0.717, 1.165) is 18.9 Å². The van der Waals surface area contributed by atoms with Crippen LogP contribution < -0.4 is 15.5 Å². The summed E-state index contributed by atoms with van der Waals surface area (Å²) in [7, 11) is 1.68. The standard InChI is InChI=1S/C22H29FN6O.HI/c1-24-22(26-12-9-18-6-2-3-7-19(18)23)27-13-10-21(30)29-16-14-28(15-17-29)20-8-4-5-11-25-20;/h2-8,11H,9-10,12-17H2,1H3,(H2,24,26,27);1H. The molecule has 1 aromatic heterocycles.